The molecule has 14 heteroatoms. The molecule has 2 heterocycles. The molecule has 11 nitrogen and oxygen atoms in total. The molecule has 0 radical (unpaired) electrons. The lowest BCUT2D eigenvalue weighted by Crippen LogP contribution is -2.50. The number of anilines is 1. The van der Waals surface area contributed by atoms with E-state index in [0.29, 0.717) is 37.4 Å². The first-order valence-electron chi connectivity index (χ1n) is 11.2. The number of halogens is 1. The lowest BCUT2D eigenvalue weighted by atomic mass is 10.0. The largest absolute Gasteiger partial charge is 0.490 e. The molecule has 1 saturated heterocycles. The van der Waals surface area contributed by atoms with Crippen molar-refractivity contribution >= 4 is 43.2 Å². The third kappa shape index (κ3) is 5.99. The molecule has 2 aliphatic heterocycles. The standard InChI is InChI=1S/C22H27ClN4O7S2/c23-18-6-4-16(12-21(18)35(24,30)31)36(32,33)27-10-8-26(9-11-27)13-15(28)14-34-20-3-1-2-19-17(20)5-7-22(29)25-19/h1-4,6,12,15,28H,5,7-11,13-14H2,(H,25,29)(H2,24,30,31). The Bertz CT molecular complexity index is 1360. The zero-order valence-electron chi connectivity index (χ0n) is 19.3. The van der Waals surface area contributed by atoms with Gasteiger partial charge < -0.3 is 15.2 Å². The van der Waals surface area contributed by atoms with Gasteiger partial charge in [0.15, 0.2) is 0 Å². The van der Waals surface area contributed by atoms with E-state index in [9.17, 15) is 26.7 Å². The Morgan fingerprint density at radius 1 is 1.08 bits per heavy atom. The number of sulfonamides is 2. The van der Waals surface area contributed by atoms with Gasteiger partial charge >= 0.3 is 0 Å². The van der Waals surface area contributed by atoms with Crippen molar-refractivity contribution < 1.29 is 31.5 Å². The second kappa shape index (κ2) is 10.6. The van der Waals surface area contributed by atoms with Gasteiger partial charge in [-0.15, -0.1) is 0 Å². The topological polar surface area (TPSA) is 159 Å². The quantitative estimate of drug-likeness (QED) is 0.425. The summed E-state index contributed by atoms with van der Waals surface area (Å²) in [5.41, 5.74) is 1.61. The van der Waals surface area contributed by atoms with E-state index in [4.69, 9.17) is 21.5 Å². The number of primary sulfonamides is 1. The van der Waals surface area contributed by atoms with Crippen LogP contribution in [0.5, 0.6) is 5.75 Å². The van der Waals surface area contributed by atoms with Gasteiger partial charge in [-0.3, -0.25) is 9.69 Å². The van der Waals surface area contributed by atoms with Gasteiger partial charge in [-0.1, -0.05) is 17.7 Å². The minimum atomic E-state index is -4.18. The number of carbonyl (C=O) groups excluding carboxylic acids is 1. The maximum absolute atomic E-state index is 13.0. The molecule has 2 aromatic rings. The van der Waals surface area contributed by atoms with Gasteiger partial charge in [0.25, 0.3) is 0 Å². The Labute approximate surface area is 214 Å². The minimum absolute atomic E-state index is 0.0400. The molecular formula is C22H27ClN4O7S2. The number of aliphatic hydroxyl groups excluding tert-OH is 1. The van der Waals surface area contributed by atoms with E-state index in [1.54, 1.807) is 12.1 Å². The number of hydrogen-bond acceptors (Lipinski definition) is 8. The normalized spacial score (nSPS) is 18.4. The number of nitrogens with two attached hydrogens (primary N) is 1. The van der Waals surface area contributed by atoms with Gasteiger partial charge in [0.2, 0.25) is 26.0 Å². The summed E-state index contributed by atoms with van der Waals surface area (Å²) in [5, 5.41) is 18.3. The van der Waals surface area contributed by atoms with Gasteiger partial charge in [-0.25, -0.2) is 22.0 Å². The lowest BCUT2D eigenvalue weighted by molar-refractivity contribution is -0.116. The van der Waals surface area contributed by atoms with Crippen LogP contribution in [0.25, 0.3) is 0 Å². The van der Waals surface area contributed by atoms with Crippen LogP contribution in [0.3, 0.4) is 0 Å². The highest BCUT2D eigenvalue weighted by Crippen LogP contribution is 2.31. The molecule has 4 N–H and O–H groups in total. The van der Waals surface area contributed by atoms with Crippen LogP contribution in [0.15, 0.2) is 46.2 Å². The summed E-state index contributed by atoms with van der Waals surface area (Å²) in [6.07, 6.45) is 0.134. The third-order valence-corrected chi connectivity index (χ3v) is 9.37. The molecule has 1 fully saturated rings. The molecule has 1 unspecified atom stereocenters. The van der Waals surface area contributed by atoms with E-state index < -0.39 is 31.0 Å². The number of nitrogens with one attached hydrogen (secondary N) is 1. The number of carbonyl (C=O) groups is 1. The minimum Gasteiger partial charge on any atom is -0.490 e. The van der Waals surface area contributed by atoms with Crippen molar-refractivity contribution in [3.63, 3.8) is 0 Å². The highest BCUT2D eigenvalue weighted by atomic mass is 35.5. The van der Waals surface area contributed by atoms with Gasteiger partial charge in [0, 0.05) is 50.4 Å². The summed E-state index contributed by atoms with van der Waals surface area (Å²) >= 11 is 5.86. The molecule has 0 aromatic heterocycles. The highest BCUT2D eigenvalue weighted by molar-refractivity contribution is 7.90. The van der Waals surface area contributed by atoms with Crippen molar-refractivity contribution in [2.24, 2.45) is 5.14 Å². The number of fused-ring (bicyclic) bond motifs is 1. The van der Waals surface area contributed by atoms with Crippen LogP contribution in [-0.4, -0.2) is 82.5 Å². The number of benzene rings is 2. The number of rotatable bonds is 8. The van der Waals surface area contributed by atoms with E-state index in [0.717, 1.165) is 11.6 Å². The molecule has 2 aliphatic rings. The molecule has 36 heavy (non-hydrogen) atoms. The fraction of sp³-hybridized carbons (Fsp3) is 0.409. The Morgan fingerprint density at radius 3 is 2.50 bits per heavy atom. The van der Waals surface area contributed by atoms with E-state index in [1.165, 1.54) is 16.4 Å². The molecular weight excluding hydrogens is 532 g/mol. The third-order valence-electron chi connectivity index (χ3n) is 6.09. The monoisotopic (exact) mass is 558 g/mol. The van der Waals surface area contributed by atoms with Crippen molar-refractivity contribution in [2.45, 2.75) is 28.7 Å². The summed E-state index contributed by atoms with van der Waals surface area (Å²) in [5.74, 6) is 0.575. The summed E-state index contributed by atoms with van der Waals surface area (Å²) in [7, 11) is -8.15. The highest BCUT2D eigenvalue weighted by Gasteiger charge is 2.30. The Balaban J connectivity index is 1.32. The number of piperazine rings is 1. The molecule has 0 aliphatic carbocycles. The molecule has 1 amide bonds. The van der Waals surface area contributed by atoms with Crippen molar-refractivity contribution in [3.8, 4) is 5.75 Å². The number of hydrogen-bond donors (Lipinski definition) is 3. The van der Waals surface area contributed by atoms with E-state index in [1.807, 2.05) is 11.0 Å². The molecule has 1 atom stereocenters. The average molecular weight is 559 g/mol. The van der Waals surface area contributed by atoms with Crippen LogP contribution in [0.4, 0.5) is 5.69 Å². The SMILES string of the molecule is NS(=O)(=O)c1cc(S(=O)(=O)N2CCN(CC(O)COc3cccc4c3CCC(=O)N4)CC2)ccc1Cl. The fourth-order valence-electron chi connectivity index (χ4n) is 4.23. The summed E-state index contributed by atoms with van der Waals surface area (Å²) in [6, 6.07) is 8.78. The molecule has 2 aromatic carbocycles. The van der Waals surface area contributed by atoms with Crippen LogP contribution in [-0.2, 0) is 31.3 Å². The number of β-amino-alcohol motifs (C(OH)–C–C–N with tert-alkyl or cyclic N) is 1. The van der Waals surface area contributed by atoms with Crippen LogP contribution in [0.2, 0.25) is 5.02 Å². The molecule has 196 valence electrons. The van der Waals surface area contributed by atoms with Crippen LogP contribution in [0, 0.1) is 0 Å². The van der Waals surface area contributed by atoms with E-state index >= 15 is 0 Å². The first-order chi connectivity index (χ1) is 16.9. The van der Waals surface area contributed by atoms with Crippen LogP contribution >= 0.6 is 11.6 Å². The Hall–Kier alpha value is -2.26. The molecule has 0 bridgehead atoms. The predicted octanol–water partition coefficient (Wildman–Crippen LogP) is 0.618. The number of aliphatic hydroxyl groups is 1. The molecule has 0 saturated carbocycles. The first-order valence-corrected chi connectivity index (χ1v) is 14.6. The fourth-order valence-corrected chi connectivity index (χ4v) is 6.82. The van der Waals surface area contributed by atoms with Crippen LogP contribution < -0.4 is 15.2 Å². The van der Waals surface area contributed by atoms with Gasteiger partial charge in [-0.05, 0) is 36.8 Å². The summed E-state index contributed by atoms with van der Waals surface area (Å²) < 4.78 is 56.6. The molecule has 4 rings (SSSR count). The first kappa shape index (κ1) is 26.8. The summed E-state index contributed by atoms with van der Waals surface area (Å²) in [4.78, 5) is 12.9. The van der Waals surface area contributed by atoms with Crippen molar-refractivity contribution in [1.29, 1.82) is 0 Å². The molecule has 0 spiro atoms. The zero-order chi connectivity index (χ0) is 26.1. The van der Waals surface area contributed by atoms with Gasteiger partial charge in [-0.2, -0.15) is 4.31 Å². The summed E-state index contributed by atoms with van der Waals surface area (Å²) in [6.45, 7) is 1.40. The maximum atomic E-state index is 13.0. The second-order valence-corrected chi connectivity index (χ2v) is 12.5. The second-order valence-electron chi connectivity index (χ2n) is 8.64. The number of ether oxygens (including phenoxy) is 1. The maximum Gasteiger partial charge on any atom is 0.243 e. The van der Waals surface area contributed by atoms with Crippen molar-refractivity contribution in [1.82, 2.24) is 9.21 Å². The average Bonchev–Trinajstić information content (AvgIpc) is 2.82. The van der Waals surface area contributed by atoms with E-state index in [-0.39, 0.29) is 42.1 Å². The number of amides is 1. The van der Waals surface area contributed by atoms with Gasteiger partial charge in [0.05, 0.1) is 9.92 Å². The van der Waals surface area contributed by atoms with Crippen molar-refractivity contribution in [2.75, 3.05) is 44.6 Å². The predicted molar refractivity (Wildman–Crippen MR) is 133 cm³/mol. The lowest BCUT2D eigenvalue weighted by Gasteiger charge is -2.35. The number of nitrogens with zero attached hydrogens (tertiary/aromatic N) is 2. The Morgan fingerprint density at radius 2 is 1.81 bits per heavy atom. The Kier molecular flexibility index (Phi) is 7.90. The van der Waals surface area contributed by atoms with Crippen molar-refractivity contribution in [3.05, 3.63) is 47.0 Å². The zero-order valence-corrected chi connectivity index (χ0v) is 21.7. The van der Waals surface area contributed by atoms with Crippen LogP contribution in [0.1, 0.15) is 12.0 Å². The smallest absolute Gasteiger partial charge is 0.243 e. The van der Waals surface area contributed by atoms with E-state index in [2.05, 4.69) is 5.32 Å². The van der Waals surface area contributed by atoms with Gasteiger partial charge in [0.1, 0.15) is 23.4 Å².